The van der Waals surface area contributed by atoms with E-state index in [1.165, 1.54) is 14.0 Å². The molecule has 0 spiro atoms. The number of aromatic nitrogens is 2. The number of carbonyl (C=O) groups excluding carboxylic acids is 1. The van der Waals surface area contributed by atoms with E-state index in [1.807, 2.05) is 0 Å². The van der Waals surface area contributed by atoms with Crippen LogP contribution in [0.25, 0.3) is 0 Å². The van der Waals surface area contributed by atoms with E-state index in [2.05, 4.69) is 15.1 Å². The van der Waals surface area contributed by atoms with Crippen LogP contribution in [0.4, 0.5) is 5.69 Å². The number of hydrogen-bond donors (Lipinski definition) is 0. The van der Waals surface area contributed by atoms with Gasteiger partial charge < -0.3 is 4.90 Å². The average molecular weight is 260 g/mol. The van der Waals surface area contributed by atoms with Gasteiger partial charge in [-0.3, -0.25) is 4.79 Å². The first kappa shape index (κ1) is 13.8. The summed E-state index contributed by atoms with van der Waals surface area (Å²) < 4.78 is 0. The van der Waals surface area contributed by atoms with Gasteiger partial charge in [0.1, 0.15) is 0 Å². The van der Waals surface area contributed by atoms with E-state index in [4.69, 9.17) is 16.5 Å². The van der Waals surface area contributed by atoms with Crippen molar-refractivity contribution in [1.82, 2.24) is 10.2 Å². The highest BCUT2D eigenvalue weighted by molar-refractivity contribution is 6.29. The number of carbonyl (C=O) groups is 1. The maximum absolute atomic E-state index is 11.4. The van der Waals surface area contributed by atoms with Gasteiger partial charge >= 0.3 is 0 Å². The van der Waals surface area contributed by atoms with Crippen molar-refractivity contribution in [2.24, 2.45) is 0 Å². The molecule has 1 aromatic rings. The lowest BCUT2D eigenvalue weighted by Gasteiger charge is -2.20. The van der Waals surface area contributed by atoms with Gasteiger partial charge in [0, 0.05) is 26.6 Å². The molecular formula is C10H14ClN3O3. The van der Waals surface area contributed by atoms with Crippen LogP contribution in [-0.2, 0) is 9.78 Å². The largest absolute Gasteiger partial charge is 0.370 e. The molecule has 1 aromatic heterocycles. The van der Waals surface area contributed by atoms with Gasteiger partial charge in [-0.15, -0.1) is 10.2 Å². The van der Waals surface area contributed by atoms with E-state index >= 15 is 0 Å². The van der Waals surface area contributed by atoms with E-state index in [1.54, 1.807) is 18.0 Å². The number of anilines is 1. The normalized spacial score (nSPS) is 10.4. The van der Waals surface area contributed by atoms with Gasteiger partial charge in [0.15, 0.2) is 16.6 Å². The molecule has 0 bridgehead atoms. The van der Waals surface area contributed by atoms with E-state index in [9.17, 15) is 4.79 Å². The van der Waals surface area contributed by atoms with Crippen molar-refractivity contribution in [2.45, 2.75) is 6.92 Å². The zero-order valence-electron chi connectivity index (χ0n) is 9.94. The van der Waals surface area contributed by atoms with Crippen LogP contribution in [-0.4, -0.2) is 43.3 Å². The fraction of sp³-hybridized carbons (Fsp3) is 0.500. The highest BCUT2D eigenvalue weighted by Crippen LogP contribution is 2.20. The van der Waals surface area contributed by atoms with E-state index in [0.717, 1.165) is 0 Å². The second kappa shape index (κ2) is 6.48. The first-order valence-electron chi connectivity index (χ1n) is 4.97. The molecule has 1 rings (SSSR count). The van der Waals surface area contributed by atoms with Crippen molar-refractivity contribution < 1.29 is 14.6 Å². The second-order valence-electron chi connectivity index (χ2n) is 3.37. The molecule has 0 saturated heterocycles. The summed E-state index contributed by atoms with van der Waals surface area (Å²) >= 11 is 5.76. The first-order valence-corrected chi connectivity index (χ1v) is 5.35. The lowest BCUT2D eigenvalue weighted by Crippen LogP contribution is -2.25. The van der Waals surface area contributed by atoms with Crippen molar-refractivity contribution in [3.63, 3.8) is 0 Å². The minimum atomic E-state index is -0.163. The molecule has 0 unspecified atom stereocenters. The Morgan fingerprint density at radius 1 is 1.53 bits per heavy atom. The highest BCUT2D eigenvalue weighted by Gasteiger charge is 2.14. The van der Waals surface area contributed by atoms with Crippen LogP contribution in [0.3, 0.4) is 0 Å². The Kier molecular flexibility index (Phi) is 5.27. The molecule has 0 aliphatic heterocycles. The van der Waals surface area contributed by atoms with Crippen molar-refractivity contribution >= 4 is 23.1 Å². The number of rotatable bonds is 6. The molecule has 1 heterocycles. The van der Waals surface area contributed by atoms with Crippen LogP contribution in [0.2, 0.25) is 5.15 Å². The van der Waals surface area contributed by atoms with Crippen LogP contribution in [0.15, 0.2) is 6.07 Å². The zero-order chi connectivity index (χ0) is 12.8. The average Bonchev–Trinajstić information content (AvgIpc) is 2.28. The summed E-state index contributed by atoms with van der Waals surface area (Å²) in [6.45, 7) is 2.33. The molecule has 0 aromatic carbocycles. The molecule has 0 saturated carbocycles. The Labute approximate surface area is 104 Å². The van der Waals surface area contributed by atoms with Gasteiger partial charge in [-0.05, 0) is 0 Å². The first-order chi connectivity index (χ1) is 8.06. The minimum Gasteiger partial charge on any atom is -0.370 e. The molecule has 94 valence electrons. The minimum absolute atomic E-state index is 0.163. The number of Topliss-reactive ketones (excluding diaryl/α,β-unsaturated/α-hetero) is 1. The summed E-state index contributed by atoms with van der Waals surface area (Å²) in [6, 6.07) is 1.60. The summed E-state index contributed by atoms with van der Waals surface area (Å²) in [5.41, 5.74) is 0.909. The molecule has 0 amide bonds. The van der Waals surface area contributed by atoms with Crippen molar-refractivity contribution in [1.29, 1.82) is 0 Å². The predicted octanol–water partition coefficient (Wildman–Crippen LogP) is 1.35. The third-order valence-electron chi connectivity index (χ3n) is 2.12. The van der Waals surface area contributed by atoms with Gasteiger partial charge in [-0.2, -0.15) is 0 Å². The Morgan fingerprint density at radius 2 is 2.24 bits per heavy atom. The third kappa shape index (κ3) is 3.92. The van der Waals surface area contributed by atoms with Crippen LogP contribution in [0.1, 0.15) is 17.4 Å². The number of likely N-dealkylation sites (N-methyl/N-ethyl adjacent to an activating group) is 1. The fourth-order valence-electron chi connectivity index (χ4n) is 1.28. The third-order valence-corrected chi connectivity index (χ3v) is 2.30. The van der Waals surface area contributed by atoms with Crippen molar-refractivity contribution in [3.8, 4) is 0 Å². The monoisotopic (exact) mass is 259 g/mol. The molecule has 0 fully saturated rings. The van der Waals surface area contributed by atoms with Crippen LogP contribution in [0.5, 0.6) is 0 Å². The summed E-state index contributed by atoms with van der Waals surface area (Å²) in [5.74, 6) is -0.163. The van der Waals surface area contributed by atoms with Gasteiger partial charge in [-0.1, -0.05) is 11.6 Å². The zero-order valence-corrected chi connectivity index (χ0v) is 10.7. The molecule has 17 heavy (non-hydrogen) atoms. The fourth-order valence-corrected chi connectivity index (χ4v) is 1.42. The van der Waals surface area contributed by atoms with Gasteiger partial charge in [-0.25, -0.2) is 9.78 Å². The summed E-state index contributed by atoms with van der Waals surface area (Å²) in [7, 11) is 3.24. The summed E-state index contributed by atoms with van der Waals surface area (Å²) in [6.07, 6.45) is 0. The van der Waals surface area contributed by atoms with E-state index in [-0.39, 0.29) is 16.6 Å². The van der Waals surface area contributed by atoms with Crippen LogP contribution >= 0.6 is 11.6 Å². The molecule has 0 aliphatic carbocycles. The standard InChI is InChI=1S/C10H14ClN3O3/c1-7(15)10-8(6-9(11)12-13-10)14(2)4-5-17-16-3/h6H,4-5H2,1-3H3. The topological polar surface area (TPSA) is 64.6 Å². The number of nitrogens with zero attached hydrogens (tertiary/aromatic N) is 3. The van der Waals surface area contributed by atoms with Crippen LogP contribution < -0.4 is 4.90 Å². The lowest BCUT2D eigenvalue weighted by molar-refractivity contribution is -0.269. The summed E-state index contributed by atoms with van der Waals surface area (Å²) in [5, 5.41) is 7.67. The SMILES string of the molecule is COOCCN(C)c1cc(Cl)nnc1C(C)=O. The molecule has 0 N–H and O–H groups in total. The van der Waals surface area contributed by atoms with Crippen molar-refractivity contribution in [3.05, 3.63) is 16.9 Å². The smallest absolute Gasteiger partial charge is 0.182 e. The molecule has 0 aliphatic rings. The van der Waals surface area contributed by atoms with Gasteiger partial charge in [0.25, 0.3) is 0 Å². The predicted molar refractivity (Wildman–Crippen MR) is 63.3 cm³/mol. The highest BCUT2D eigenvalue weighted by atomic mass is 35.5. The Balaban J connectivity index is 2.86. The maximum Gasteiger partial charge on any atom is 0.182 e. The molecule has 0 atom stereocenters. The van der Waals surface area contributed by atoms with Gasteiger partial charge in [0.2, 0.25) is 0 Å². The number of halogens is 1. The van der Waals surface area contributed by atoms with Crippen molar-refractivity contribution in [2.75, 3.05) is 32.2 Å². The molecule has 0 radical (unpaired) electrons. The van der Waals surface area contributed by atoms with E-state index < -0.39 is 0 Å². The van der Waals surface area contributed by atoms with Gasteiger partial charge in [0.05, 0.1) is 19.4 Å². The molecule has 7 heteroatoms. The second-order valence-corrected chi connectivity index (χ2v) is 3.75. The number of hydrogen-bond acceptors (Lipinski definition) is 6. The maximum atomic E-state index is 11.4. The Bertz CT molecular complexity index is 400. The van der Waals surface area contributed by atoms with E-state index in [0.29, 0.717) is 18.8 Å². The lowest BCUT2D eigenvalue weighted by atomic mass is 10.2. The molecule has 6 nitrogen and oxygen atoms in total. The summed E-state index contributed by atoms with van der Waals surface area (Å²) in [4.78, 5) is 22.4. The number of ketones is 1. The Morgan fingerprint density at radius 3 is 2.82 bits per heavy atom. The Hall–Kier alpha value is -1.24. The quantitative estimate of drug-likeness (QED) is 0.333. The van der Waals surface area contributed by atoms with Crippen LogP contribution in [0, 0.1) is 0 Å². The molecular weight excluding hydrogens is 246 g/mol.